The lowest BCUT2D eigenvalue weighted by Gasteiger charge is -2.28. The van der Waals surface area contributed by atoms with E-state index in [1.165, 1.54) is 18.2 Å². The van der Waals surface area contributed by atoms with Crippen LogP contribution < -0.4 is 10.0 Å². The lowest BCUT2D eigenvalue weighted by atomic mass is 9.79. The minimum Gasteiger partial charge on any atom is -0.507 e. The van der Waals surface area contributed by atoms with Crippen molar-refractivity contribution in [3.8, 4) is 5.75 Å². The lowest BCUT2D eigenvalue weighted by molar-refractivity contribution is -0.122. The van der Waals surface area contributed by atoms with Gasteiger partial charge in [0.25, 0.3) is 10.0 Å². The molecule has 1 atom stereocenters. The van der Waals surface area contributed by atoms with Crippen molar-refractivity contribution in [2.24, 2.45) is 0 Å². The summed E-state index contributed by atoms with van der Waals surface area (Å²) < 4.78 is 29.3. The molecule has 3 rings (SSSR count). The van der Waals surface area contributed by atoms with Crippen molar-refractivity contribution in [1.82, 2.24) is 5.32 Å². The Bertz CT molecular complexity index is 1180. The van der Waals surface area contributed by atoms with E-state index >= 15 is 0 Å². The monoisotopic (exact) mass is 494 g/mol. The molecule has 1 heterocycles. The minimum absolute atomic E-state index is 0.0231. The zero-order chi connectivity index (χ0) is 25.0. The molecular weight excluding hydrogens is 464 g/mol. The first kappa shape index (κ1) is 25.3. The minimum atomic E-state index is -4.16. The van der Waals surface area contributed by atoms with Gasteiger partial charge in [0, 0.05) is 35.2 Å². The first-order valence-corrected chi connectivity index (χ1v) is 12.5. The largest absolute Gasteiger partial charge is 0.507 e. The number of halogens is 1. The topological polar surface area (TPSA) is 116 Å². The number of phenols is 1. The molecule has 1 unspecified atom stereocenters. The Morgan fingerprint density at radius 3 is 2.03 bits per heavy atom. The molecule has 4 N–H and O–H groups in total. The number of aromatic hydroxyl groups is 1. The van der Waals surface area contributed by atoms with Gasteiger partial charge in [-0.1, -0.05) is 59.2 Å². The number of nitrogens with one attached hydrogen (secondary N) is 2. The third kappa shape index (κ3) is 5.13. The number of hydrogen-bond donors (Lipinski definition) is 4. The van der Waals surface area contributed by atoms with E-state index in [2.05, 4.69) is 10.0 Å². The van der Waals surface area contributed by atoms with Crippen molar-refractivity contribution in [3.63, 3.8) is 0 Å². The molecule has 2 aromatic carbocycles. The molecule has 1 fully saturated rings. The van der Waals surface area contributed by atoms with Gasteiger partial charge in [0.15, 0.2) is 5.72 Å². The normalized spacial score (nSPS) is 19.5. The maximum atomic E-state index is 13.3. The maximum absolute atomic E-state index is 13.3. The molecular formula is C24H31ClN2O5S. The summed E-state index contributed by atoms with van der Waals surface area (Å²) >= 11 is 6.23. The van der Waals surface area contributed by atoms with Crippen molar-refractivity contribution < 1.29 is 23.4 Å². The first-order chi connectivity index (χ1) is 14.9. The molecule has 1 amide bonds. The smallest absolute Gasteiger partial charge is 0.263 e. The fourth-order valence-electron chi connectivity index (χ4n) is 3.88. The molecule has 1 aliphatic heterocycles. The van der Waals surface area contributed by atoms with Crippen LogP contribution in [0.25, 0.3) is 0 Å². The van der Waals surface area contributed by atoms with Gasteiger partial charge in [-0.25, -0.2) is 8.42 Å². The Balaban J connectivity index is 2.09. The van der Waals surface area contributed by atoms with E-state index in [-0.39, 0.29) is 45.7 Å². The van der Waals surface area contributed by atoms with Gasteiger partial charge in [-0.3, -0.25) is 9.52 Å². The summed E-state index contributed by atoms with van der Waals surface area (Å²) in [6, 6.07) is 7.37. The number of rotatable bonds is 4. The van der Waals surface area contributed by atoms with Gasteiger partial charge >= 0.3 is 0 Å². The Morgan fingerprint density at radius 2 is 1.58 bits per heavy atom. The molecule has 0 aliphatic carbocycles. The maximum Gasteiger partial charge on any atom is 0.263 e. The summed E-state index contributed by atoms with van der Waals surface area (Å²) in [7, 11) is -4.16. The summed E-state index contributed by atoms with van der Waals surface area (Å²) in [6.45, 7) is 11.6. The van der Waals surface area contributed by atoms with Gasteiger partial charge in [0.2, 0.25) is 5.91 Å². The highest BCUT2D eigenvalue weighted by atomic mass is 35.5. The van der Waals surface area contributed by atoms with Gasteiger partial charge in [0.05, 0.1) is 5.02 Å². The predicted molar refractivity (Wildman–Crippen MR) is 129 cm³/mol. The number of carbonyl (C=O) groups excluding carboxylic acids is 1. The SMILES string of the molecule is CC(C)(C)c1cc(NS(=O)(=O)c2cc(C3(O)CCC(=O)N3)ccc2Cl)cc(C(C)(C)C)c1O. The van der Waals surface area contributed by atoms with Gasteiger partial charge in [0.1, 0.15) is 10.6 Å². The second-order valence-electron chi connectivity index (χ2n) is 10.6. The Kier molecular flexibility index (Phi) is 6.28. The van der Waals surface area contributed by atoms with Crippen LogP contribution in [0.4, 0.5) is 5.69 Å². The standard InChI is InChI=1S/C24H31ClN2O5S/c1-22(2,3)16-12-15(13-17(21(16)29)23(4,5)6)27-33(31,32)19-11-14(7-8-18(19)25)24(30)10-9-20(28)26-24/h7-8,11-13,27,29-30H,9-10H2,1-6H3,(H,26,28). The van der Waals surface area contributed by atoms with E-state index in [0.29, 0.717) is 11.1 Å². The van der Waals surface area contributed by atoms with Crippen molar-refractivity contribution in [2.75, 3.05) is 4.72 Å². The van der Waals surface area contributed by atoms with Crippen LogP contribution in [0.3, 0.4) is 0 Å². The van der Waals surface area contributed by atoms with E-state index in [9.17, 15) is 23.4 Å². The van der Waals surface area contributed by atoms with E-state index in [4.69, 9.17) is 11.6 Å². The van der Waals surface area contributed by atoms with Crippen LogP contribution in [0.2, 0.25) is 5.02 Å². The molecule has 0 radical (unpaired) electrons. The molecule has 7 nitrogen and oxygen atoms in total. The molecule has 0 bridgehead atoms. The number of carbonyl (C=O) groups is 1. The number of aliphatic hydroxyl groups is 1. The van der Waals surface area contributed by atoms with Gasteiger partial charge in [-0.15, -0.1) is 0 Å². The quantitative estimate of drug-likeness (QED) is 0.467. The second kappa shape index (κ2) is 8.18. The van der Waals surface area contributed by atoms with Crippen molar-refractivity contribution in [2.45, 2.75) is 75.8 Å². The highest BCUT2D eigenvalue weighted by Gasteiger charge is 2.38. The molecule has 180 valence electrons. The van der Waals surface area contributed by atoms with Crippen LogP contribution in [-0.2, 0) is 31.4 Å². The molecule has 0 saturated carbocycles. The van der Waals surface area contributed by atoms with Gasteiger partial charge in [-0.2, -0.15) is 0 Å². The summed E-state index contributed by atoms with van der Waals surface area (Å²) in [4.78, 5) is 11.4. The molecule has 33 heavy (non-hydrogen) atoms. The average molecular weight is 495 g/mol. The first-order valence-electron chi connectivity index (χ1n) is 10.7. The summed E-state index contributed by atoms with van der Waals surface area (Å²) in [5, 5.41) is 24.1. The Labute approximate surface area is 200 Å². The fraction of sp³-hybridized carbons (Fsp3) is 0.458. The van der Waals surface area contributed by atoms with Crippen molar-refractivity contribution >= 4 is 33.2 Å². The third-order valence-corrected chi connectivity index (χ3v) is 7.60. The van der Waals surface area contributed by atoms with Crippen molar-refractivity contribution in [1.29, 1.82) is 0 Å². The number of anilines is 1. The number of hydrogen-bond acceptors (Lipinski definition) is 5. The lowest BCUT2D eigenvalue weighted by Crippen LogP contribution is -2.38. The van der Waals surface area contributed by atoms with Crippen LogP contribution in [0.1, 0.15) is 71.1 Å². The van der Waals surface area contributed by atoms with Crippen LogP contribution in [0, 0.1) is 0 Å². The highest BCUT2D eigenvalue weighted by molar-refractivity contribution is 7.92. The Morgan fingerprint density at radius 1 is 1.03 bits per heavy atom. The predicted octanol–water partition coefficient (Wildman–Crippen LogP) is 4.50. The zero-order valence-corrected chi connectivity index (χ0v) is 21.3. The fourth-order valence-corrected chi connectivity index (χ4v) is 5.45. The molecule has 2 aromatic rings. The molecule has 9 heteroatoms. The summed E-state index contributed by atoms with van der Waals surface area (Å²) in [5.41, 5.74) is -0.791. The number of phenolic OH excluding ortho intramolecular Hbond substituents is 1. The number of sulfonamides is 1. The molecule has 0 spiro atoms. The third-order valence-electron chi connectivity index (χ3n) is 5.74. The second-order valence-corrected chi connectivity index (χ2v) is 12.6. The van der Waals surface area contributed by atoms with E-state index < -0.39 is 26.6 Å². The highest BCUT2D eigenvalue weighted by Crippen LogP contribution is 2.42. The summed E-state index contributed by atoms with van der Waals surface area (Å²) in [6.07, 6.45) is 0.264. The summed E-state index contributed by atoms with van der Waals surface area (Å²) in [5.74, 6) is -0.180. The number of amides is 1. The van der Waals surface area contributed by atoms with E-state index in [0.717, 1.165) is 0 Å². The zero-order valence-electron chi connectivity index (χ0n) is 19.7. The van der Waals surface area contributed by atoms with Crippen molar-refractivity contribution in [3.05, 3.63) is 52.0 Å². The van der Waals surface area contributed by atoms with Gasteiger partial charge in [-0.05, 0) is 35.1 Å². The van der Waals surface area contributed by atoms with Crippen LogP contribution in [0.5, 0.6) is 5.75 Å². The molecule has 1 saturated heterocycles. The van der Waals surface area contributed by atoms with Crippen LogP contribution in [0.15, 0.2) is 35.2 Å². The van der Waals surface area contributed by atoms with Gasteiger partial charge < -0.3 is 15.5 Å². The number of benzene rings is 2. The molecule has 0 aromatic heterocycles. The van der Waals surface area contributed by atoms with E-state index in [1.54, 1.807) is 12.1 Å². The van der Waals surface area contributed by atoms with Crippen LogP contribution in [-0.4, -0.2) is 24.5 Å². The Hall–Kier alpha value is -2.29. The van der Waals surface area contributed by atoms with E-state index in [1.807, 2.05) is 41.5 Å². The molecule has 1 aliphatic rings. The van der Waals surface area contributed by atoms with Crippen LogP contribution >= 0.6 is 11.6 Å². The average Bonchev–Trinajstić information content (AvgIpc) is 3.01.